The molecule has 4 nitrogen and oxygen atoms in total. The summed E-state index contributed by atoms with van der Waals surface area (Å²) in [6.45, 7) is 11.5. The first-order chi connectivity index (χ1) is 9.12. The molecule has 0 fully saturated rings. The number of thiazole rings is 1. The fourth-order valence-corrected chi connectivity index (χ4v) is 2.97. The first kappa shape index (κ1) is 15.6. The summed E-state index contributed by atoms with van der Waals surface area (Å²) in [6.07, 6.45) is 5.40. The fraction of sp³-hybridized carbons (Fsp3) is 0.429. The Bertz CT molecular complexity index is 444. The maximum Gasteiger partial charge on any atom is 0.355 e. The molecule has 0 aliphatic heterocycles. The maximum atomic E-state index is 11.2. The van der Waals surface area contributed by atoms with E-state index in [1.165, 1.54) is 11.3 Å². The van der Waals surface area contributed by atoms with Crippen molar-refractivity contribution in [3.05, 3.63) is 40.9 Å². The van der Waals surface area contributed by atoms with E-state index in [0.717, 1.165) is 22.7 Å². The van der Waals surface area contributed by atoms with Gasteiger partial charge in [0.2, 0.25) is 0 Å². The highest BCUT2D eigenvalue weighted by Gasteiger charge is 2.18. The van der Waals surface area contributed by atoms with E-state index in [9.17, 15) is 9.90 Å². The molecule has 0 saturated carbocycles. The molecule has 1 rings (SSSR count). The van der Waals surface area contributed by atoms with Crippen LogP contribution in [0.3, 0.4) is 0 Å². The minimum Gasteiger partial charge on any atom is -0.476 e. The van der Waals surface area contributed by atoms with E-state index in [1.54, 1.807) is 12.2 Å². The highest BCUT2D eigenvalue weighted by Crippen LogP contribution is 2.22. The summed E-state index contributed by atoms with van der Waals surface area (Å²) in [5.74, 6) is -0.953. The number of carbonyl (C=O) groups is 1. The highest BCUT2D eigenvalue weighted by molar-refractivity contribution is 7.11. The lowest BCUT2D eigenvalue weighted by atomic mass is 10.3. The fourth-order valence-electron chi connectivity index (χ4n) is 1.77. The summed E-state index contributed by atoms with van der Waals surface area (Å²) >= 11 is 1.49. The highest BCUT2D eigenvalue weighted by atomic mass is 32.1. The molecule has 0 unspecified atom stereocenters. The van der Waals surface area contributed by atoms with Gasteiger partial charge in [0.1, 0.15) is 0 Å². The van der Waals surface area contributed by atoms with Gasteiger partial charge in [-0.25, -0.2) is 9.78 Å². The van der Waals surface area contributed by atoms with E-state index in [2.05, 4.69) is 30.0 Å². The number of aryl methyl sites for hydroxylation is 1. The third kappa shape index (κ3) is 4.61. The van der Waals surface area contributed by atoms with Crippen LogP contribution < -0.4 is 0 Å². The number of nitrogens with zero attached hydrogens (tertiary/aromatic N) is 2. The van der Waals surface area contributed by atoms with Crippen molar-refractivity contribution in [2.75, 3.05) is 13.1 Å². The lowest BCUT2D eigenvalue weighted by Crippen LogP contribution is -2.23. The Balaban J connectivity index is 2.92. The molecule has 0 aliphatic carbocycles. The van der Waals surface area contributed by atoms with Gasteiger partial charge in [-0.1, -0.05) is 19.1 Å². The lowest BCUT2D eigenvalue weighted by Gasteiger charge is -2.17. The van der Waals surface area contributed by atoms with Crippen LogP contribution in [0.15, 0.2) is 25.3 Å². The van der Waals surface area contributed by atoms with Crippen LogP contribution in [0.1, 0.15) is 33.7 Å². The van der Waals surface area contributed by atoms with Gasteiger partial charge < -0.3 is 5.11 Å². The van der Waals surface area contributed by atoms with E-state index in [4.69, 9.17) is 0 Å². The number of rotatable bonds is 9. The number of carboxylic acids is 1. The zero-order chi connectivity index (χ0) is 14.3. The minimum absolute atomic E-state index is 0.187. The molecule has 0 atom stereocenters. The summed E-state index contributed by atoms with van der Waals surface area (Å²) in [5, 5.41) is 10.1. The van der Waals surface area contributed by atoms with Gasteiger partial charge in [-0.3, -0.25) is 4.90 Å². The Morgan fingerprint density at radius 2 is 2.05 bits per heavy atom. The third-order valence-corrected chi connectivity index (χ3v) is 3.65. The number of hydrogen-bond acceptors (Lipinski definition) is 4. The van der Waals surface area contributed by atoms with Gasteiger partial charge in [0.25, 0.3) is 0 Å². The summed E-state index contributed by atoms with van der Waals surface area (Å²) in [4.78, 5) is 18.3. The van der Waals surface area contributed by atoms with Crippen molar-refractivity contribution >= 4 is 17.3 Å². The van der Waals surface area contributed by atoms with Crippen LogP contribution >= 0.6 is 11.3 Å². The van der Waals surface area contributed by atoms with E-state index >= 15 is 0 Å². The van der Waals surface area contributed by atoms with Gasteiger partial charge in [0.05, 0.1) is 9.88 Å². The van der Waals surface area contributed by atoms with Crippen molar-refractivity contribution in [1.82, 2.24) is 9.88 Å². The number of hydrogen-bond donors (Lipinski definition) is 1. The molecular weight excluding hydrogens is 260 g/mol. The SMILES string of the molecule is C=CCN(CC=C)Cc1sc(CCC)nc1C(=O)O. The average molecular weight is 280 g/mol. The largest absolute Gasteiger partial charge is 0.476 e. The van der Waals surface area contributed by atoms with Gasteiger partial charge in [-0.05, 0) is 12.8 Å². The first-order valence-electron chi connectivity index (χ1n) is 6.28. The Morgan fingerprint density at radius 1 is 1.42 bits per heavy atom. The van der Waals surface area contributed by atoms with Crippen LogP contribution in [0.5, 0.6) is 0 Å². The topological polar surface area (TPSA) is 53.4 Å². The monoisotopic (exact) mass is 280 g/mol. The molecule has 0 spiro atoms. The Kier molecular flexibility index (Phi) is 6.45. The predicted molar refractivity (Wildman–Crippen MR) is 78.7 cm³/mol. The number of aromatic nitrogens is 1. The van der Waals surface area contributed by atoms with Gasteiger partial charge in [-0.15, -0.1) is 24.5 Å². The molecule has 104 valence electrons. The smallest absolute Gasteiger partial charge is 0.355 e. The number of aromatic carboxylic acids is 1. The molecule has 19 heavy (non-hydrogen) atoms. The normalized spacial score (nSPS) is 10.6. The van der Waals surface area contributed by atoms with Crippen molar-refractivity contribution in [3.8, 4) is 0 Å². The van der Waals surface area contributed by atoms with E-state index in [-0.39, 0.29) is 5.69 Å². The van der Waals surface area contributed by atoms with Crippen LogP contribution in [0.25, 0.3) is 0 Å². The summed E-state index contributed by atoms with van der Waals surface area (Å²) in [5.41, 5.74) is 0.187. The molecule has 1 heterocycles. The molecular formula is C14H20N2O2S. The maximum absolute atomic E-state index is 11.2. The molecule has 1 aromatic heterocycles. The molecule has 0 bridgehead atoms. The van der Waals surface area contributed by atoms with Crippen molar-refractivity contribution in [3.63, 3.8) is 0 Å². The van der Waals surface area contributed by atoms with Crippen LogP contribution in [0.2, 0.25) is 0 Å². The quantitative estimate of drug-likeness (QED) is 0.707. The summed E-state index contributed by atoms with van der Waals surface area (Å²) in [6, 6.07) is 0. The van der Waals surface area contributed by atoms with Crippen molar-refractivity contribution in [1.29, 1.82) is 0 Å². The lowest BCUT2D eigenvalue weighted by molar-refractivity contribution is 0.0689. The van der Waals surface area contributed by atoms with Crippen LogP contribution in [-0.4, -0.2) is 34.0 Å². The molecule has 1 N–H and O–H groups in total. The van der Waals surface area contributed by atoms with E-state index in [0.29, 0.717) is 19.6 Å². The molecule has 0 aliphatic rings. The Morgan fingerprint density at radius 3 is 2.53 bits per heavy atom. The van der Waals surface area contributed by atoms with Gasteiger partial charge >= 0.3 is 5.97 Å². The zero-order valence-corrected chi connectivity index (χ0v) is 12.1. The van der Waals surface area contributed by atoms with Crippen molar-refractivity contribution in [2.24, 2.45) is 0 Å². The second-order valence-electron chi connectivity index (χ2n) is 4.21. The second-order valence-corrected chi connectivity index (χ2v) is 5.37. The molecule has 0 aromatic carbocycles. The van der Waals surface area contributed by atoms with Gasteiger partial charge in [0, 0.05) is 19.6 Å². The first-order valence-corrected chi connectivity index (χ1v) is 7.10. The van der Waals surface area contributed by atoms with Gasteiger partial charge in [-0.2, -0.15) is 0 Å². The van der Waals surface area contributed by atoms with Crippen molar-refractivity contribution < 1.29 is 9.90 Å². The van der Waals surface area contributed by atoms with Crippen molar-refractivity contribution in [2.45, 2.75) is 26.3 Å². The standard InChI is InChI=1S/C14H20N2O2S/c1-4-7-12-15-13(14(17)18)11(19-12)10-16(8-5-2)9-6-3/h5-6H,2-4,7-10H2,1H3,(H,17,18). The zero-order valence-electron chi connectivity index (χ0n) is 11.3. The summed E-state index contributed by atoms with van der Waals surface area (Å²) < 4.78 is 0. The average Bonchev–Trinajstić information content (AvgIpc) is 2.73. The Hall–Kier alpha value is -1.46. The molecule has 0 saturated heterocycles. The van der Waals surface area contributed by atoms with Crippen LogP contribution in [-0.2, 0) is 13.0 Å². The van der Waals surface area contributed by atoms with Crippen LogP contribution in [0.4, 0.5) is 0 Å². The Labute approximate surface area is 118 Å². The molecule has 5 heteroatoms. The predicted octanol–water partition coefficient (Wildman–Crippen LogP) is 2.97. The van der Waals surface area contributed by atoms with Gasteiger partial charge in [0.15, 0.2) is 5.69 Å². The summed E-state index contributed by atoms with van der Waals surface area (Å²) in [7, 11) is 0. The number of carboxylic acid groups (broad SMARTS) is 1. The molecule has 1 aromatic rings. The van der Waals surface area contributed by atoms with Crippen LogP contribution in [0, 0.1) is 0 Å². The third-order valence-electron chi connectivity index (χ3n) is 2.55. The minimum atomic E-state index is -0.953. The second kappa shape index (κ2) is 7.86. The molecule has 0 amide bonds. The molecule has 0 radical (unpaired) electrons. The van der Waals surface area contributed by atoms with E-state index < -0.39 is 5.97 Å². The van der Waals surface area contributed by atoms with E-state index in [1.807, 2.05) is 0 Å².